The van der Waals surface area contributed by atoms with Crippen LogP contribution < -0.4 is 19.5 Å². The molecule has 2 aromatic rings. The molecule has 0 bridgehead atoms. The first-order valence-corrected chi connectivity index (χ1v) is 9.46. The average Bonchev–Trinajstić information content (AvgIpc) is 3.06. The maximum atomic E-state index is 12.4. The van der Waals surface area contributed by atoms with Gasteiger partial charge in [0.15, 0.2) is 18.1 Å². The van der Waals surface area contributed by atoms with Gasteiger partial charge in [-0.1, -0.05) is 0 Å². The SMILES string of the molecule is COc1cc(C(=O)NCC(=O)OCC(=O)c2cc(C)sc2C)cc(OC)c1OC. The summed E-state index contributed by atoms with van der Waals surface area (Å²) in [5, 5.41) is 2.44. The quantitative estimate of drug-likeness (QED) is 0.491. The van der Waals surface area contributed by atoms with Gasteiger partial charge < -0.3 is 24.3 Å². The van der Waals surface area contributed by atoms with Crippen molar-refractivity contribution in [2.75, 3.05) is 34.5 Å². The smallest absolute Gasteiger partial charge is 0.325 e. The topological polar surface area (TPSA) is 100 Å². The Morgan fingerprint density at radius 2 is 1.59 bits per heavy atom. The fourth-order valence-electron chi connectivity index (χ4n) is 2.65. The number of carbonyl (C=O) groups excluding carboxylic acids is 3. The monoisotopic (exact) mass is 421 g/mol. The Labute approximate surface area is 172 Å². The molecule has 0 aliphatic carbocycles. The van der Waals surface area contributed by atoms with Crippen molar-refractivity contribution in [1.29, 1.82) is 0 Å². The standard InChI is InChI=1S/C20H23NO7S/c1-11-6-14(12(2)29-11)15(22)10-28-18(23)9-21-20(24)13-7-16(25-3)19(27-5)17(8-13)26-4/h6-8H,9-10H2,1-5H3,(H,21,24). The van der Waals surface area contributed by atoms with E-state index in [0.717, 1.165) is 9.75 Å². The molecule has 0 aliphatic heterocycles. The molecule has 9 heteroatoms. The van der Waals surface area contributed by atoms with Crippen molar-refractivity contribution >= 4 is 29.0 Å². The zero-order valence-corrected chi connectivity index (χ0v) is 17.7. The number of ether oxygens (including phenoxy) is 4. The van der Waals surface area contributed by atoms with Crippen LogP contribution in [0.3, 0.4) is 0 Å². The number of hydrogen-bond acceptors (Lipinski definition) is 8. The van der Waals surface area contributed by atoms with E-state index in [1.807, 2.05) is 13.8 Å². The first kappa shape index (κ1) is 22.2. The van der Waals surface area contributed by atoms with Gasteiger partial charge in [-0.2, -0.15) is 0 Å². The van der Waals surface area contributed by atoms with Crippen molar-refractivity contribution in [3.8, 4) is 17.2 Å². The van der Waals surface area contributed by atoms with Gasteiger partial charge in [0.2, 0.25) is 11.5 Å². The van der Waals surface area contributed by atoms with Crippen LogP contribution in [0.5, 0.6) is 17.2 Å². The summed E-state index contributed by atoms with van der Waals surface area (Å²) >= 11 is 1.50. The summed E-state index contributed by atoms with van der Waals surface area (Å²) in [4.78, 5) is 38.3. The van der Waals surface area contributed by atoms with E-state index < -0.39 is 11.9 Å². The third-order valence-electron chi connectivity index (χ3n) is 4.03. The van der Waals surface area contributed by atoms with Gasteiger partial charge in [0, 0.05) is 20.9 Å². The van der Waals surface area contributed by atoms with Crippen LogP contribution in [0.4, 0.5) is 0 Å². The van der Waals surface area contributed by atoms with Gasteiger partial charge in [-0.25, -0.2) is 0 Å². The Balaban J connectivity index is 1.94. The average molecular weight is 421 g/mol. The summed E-state index contributed by atoms with van der Waals surface area (Å²) in [6, 6.07) is 4.70. The fraction of sp³-hybridized carbons (Fsp3) is 0.350. The first-order valence-electron chi connectivity index (χ1n) is 8.64. The molecular formula is C20H23NO7S. The second kappa shape index (κ2) is 9.92. The Hall–Kier alpha value is -3.07. The van der Waals surface area contributed by atoms with E-state index in [4.69, 9.17) is 18.9 Å². The molecule has 0 radical (unpaired) electrons. The Bertz CT molecular complexity index is 895. The van der Waals surface area contributed by atoms with Gasteiger partial charge in [-0.3, -0.25) is 14.4 Å². The van der Waals surface area contributed by atoms with Crippen molar-refractivity contribution in [1.82, 2.24) is 5.32 Å². The van der Waals surface area contributed by atoms with E-state index in [9.17, 15) is 14.4 Å². The molecule has 1 aromatic carbocycles. The second-order valence-corrected chi connectivity index (χ2v) is 7.47. The highest BCUT2D eigenvalue weighted by Crippen LogP contribution is 2.38. The maximum absolute atomic E-state index is 12.4. The van der Waals surface area contributed by atoms with Gasteiger partial charge in [-0.15, -0.1) is 11.3 Å². The number of aryl methyl sites for hydroxylation is 2. The minimum Gasteiger partial charge on any atom is -0.493 e. The highest BCUT2D eigenvalue weighted by atomic mass is 32.1. The van der Waals surface area contributed by atoms with Crippen molar-refractivity contribution in [3.63, 3.8) is 0 Å². The molecular weight excluding hydrogens is 398 g/mol. The molecule has 2 rings (SSSR count). The van der Waals surface area contributed by atoms with Crippen LogP contribution in [0.15, 0.2) is 18.2 Å². The van der Waals surface area contributed by atoms with Crippen LogP contribution in [0.1, 0.15) is 30.5 Å². The van der Waals surface area contributed by atoms with Crippen molar-refractivity contribution in [3.05, 3.63) is 39.1 Å². The van der Waals surface area contributed by atoms with E-state index >= 15 is 0 Å². The molecule has 0 fully saturated rings. The van der Waals surface area contributed by atoms with Crippen LogP contribution in [-0.2, 0) is 9.53 Å². The number of rotatable bonds is 9. The number of nitrogens with one attached hydrogen (secondary N) is 1. The Morgan fingerprint density at radius 1 is 0.966 bits per heavy atom. The second-order valence-electron chi connectivity index (χ2n) is 6.01. The summed E-state index contributed by atoms with van der Waals surface area (Å²) in [6.07, 6.45) is 0. The van der Waals surface area contributed by atoms with Gasteiger partial charge in [0.25, 0.3) is 5.91 Å². The summed E-state index contributed by atoms with van der Waals surface area (Å²) < 4.78 is 20.6. The lowest BCUT2D eigenvalue weighted by Crippen LogP contribution is -2.31. The van der Waals surface area contributed by atoms with Crippen molar-refractivity contribution < 1.29 is 33.3 Å². The van der Waals surface area contributed by atoms with Gasteiger partial charge in [0.05, 0.1) is 21.3 Å². The third-order valence-corrected chi connectivity index (χ3v) is 4.99. The molecule has 0 aliphatic rings. The Kier molecular flexibility index (Phi) is 7.60. The highest BCUT2D eigenvalue weighted by Gasteiger charge is 2.18. The van der Waals surface area contributed by atoms with E-state index in [1.54, 1.807) is 6.07 Å². The molecule has 0 unspecified atom stereocenters. The number of carbonyl (C=O) groups is 3. The van der Waals surface area contributed by atoms with E-state index in [2.05, 4.69) is 5.32 Å². The van der Waals surface area contributed by atoms with Crippen LogP contribution in [-0.4, -0.2) is 52.1 Å². The van der Waals surface area contributed by atoms with E-state index in [1.165, 1.54) is 44.8 Å². The largest absolute Gasteiger partial charge is 0.493 e. The predicted molar refractivity (Wildman–Crippen MR) is 108 cm³/mol. The van der Waals surface area contributed by atoms with Crippen molar-refractivity contribution in [2.45, 2.75) is 13.8 Å². The van der Waals surface area contributed by atoms with Crippen LogP contribution in [0.2, 0.25) is 0 Å². The number of hydrogen-bond donors (Lipinski definition) is 1. The molecule has 1 amide bonds. The molecule has 1 aromatic heterocycles. The lowest BCUT2D eigenvalue weighted by atomic mass is 10.1. The molecule has 1 heterocycles. The normalized spacial score (nSPS) is 10.2. The van der Waals surface area contributed by atoms with Gasteiger partial charge >= 0.3 is 5.97 Å². The number of methoxy groups -OCH3 is 3. The number of ketones is 1. The molecule has 156 valence electrons. The maximum Gasteiger partial charge on any atom is 0.325 e. The molecule has 0 saturated heterocycles. The van der Waals surface area contributed by atoms with Gasteiger partial charge in [-0.05, 0) is 32.0 Å². The van der Waals surface area contributed by atoms with Crippen LogP contribution >= 0.6 is 11.3 Å². The molecule has 8 nitrogen and oxygen atoms in total. The van der Waals surface area contributed by atoms with E-state index in [0.29, 0.717) is 22.8 Å². The lowest BCUT2D eigenvalue weighted by Gasteiger charge is -2.14. The summed E-state index contributed by atoms with van der Waals surface area (Å²) in [5.41, 5.74) is 0.759. The number of Topliss-reactive ketones (excluding diaryl/α,β-unsaturated/α-hetero) is 1. The summed E-state index contributed by atoms with van der Waals surface area (Å²) in [6.45, 7) is 2.98. The number of amides is 1. The molecule has 0 spiro atoms. The zero-order chi connectivity index (χ0) is 21.6. The third kappa shape index (κ3) is 5.47. The Morgan fingerprint density at radius 3 is 2.07 bits per heavy atom. The number of thiophene rings is 1. The number of esters is 1. The molecule has 0 saturated carbocycles. The minimum absolute atomic E-state index is 0.216. The predicted octanol–water partition coefficient (Wildman–Crippen LogP) is 2.55. The molecule has 1 N–H and O–H groups in total. The fourth-order valence-corrected chi connectivity index (χ4v) is 3.59. The number of benzene rings is 1. The lowest BCUT2D eigenvalue weighted by molar-refractivity contribution is -0.141. The van der Waals surface area contributed by atoms with E-state index in [-0.39, 0.29) is 24.5 Å². The summed E-state index contributed by atoms with van der Waals surface area (Å²) in [7, 11) is 4.32. The zero-order valence-electron chi connectivity index (χ0n) is 16.9. The molecule has 0 atom stereocenters. The molecule has 29 heavy (non-hydrogen) atoms. The highest BCUT2D eigenvalue weighted by molar-refractivity contribution is 7.12. The minimum atomic E-state index is -0.719. The van der Waals surface area contributed by atoms with Crippen LogP contribution in [0.25, 0.3) is 0 Å². The van der Waals surface area contributed by atoms with Crippen molar-refractivity contribution in [2.24, 2.45) is 0 Å². The first-order chi connectivity index (χ1) is 13.8. The van der Waals surface area contributed by atoms with Gasteiger partial charge in [0.1, 0.15) is 6.54 Å². The summed E-state index contributed by atoms with van der Waals surface area (Å²) in [5.74, 6) is -0.557. The van der Waals surface area contributed by atoms with Crippen LogP contribution in [0, 0.1) is 13.8 Å².